The largest absolute Gasteiger partial charge is 0.351 e. The van der Waals surface area contributed by atoms with Crippen LogP contribution in [0.3, 0.4) is 0 Å². The standard InChI is InChI=1S/C7H13N3/c1-4(8)7-5(2)9-10-6(7)3/h4H,8H2,1-3H3,(H,9,10)/p+1/t4-/m1/s1. The number of quaternary nitrogens is 1. The van der Waals surface area contributed by atoms with Gasteiger partial charge in [-0.1, -0.05) is 0 Å². The van der Waals surface area contributed by atoms with Crippen molar-refractivity contribution in [2.24, 2.45) is 0 Å². The molecule has 10 heavy (non-hydrogen) atoms. The van der Waals surface area contributed by atoms with Gasteiger partial charge in [0.1, 0.15) is 6.04 Å². The zero-order valence-electron chi connectivity index (χ0n) is 6.73. The topological polar surface area (TPSA) is 56.3 Å². The number of aromatic nitrogens is 2. The van der Waals surface area contributed by atoms with Crippen molar-refractivity contribution in [3.63, 3.8) is 0 Å². The second-order valence-electron chi connectivity index (χ2n) is 2.75. The van der Waals surface area contributed by atoms with Gasteiger partial charge in [0.05, 0.1) is 11.3 Å². The Morgan fingerprint density at radius 2 is 2.10 bits per heavy atom. The van der Waals surface area contributed by atoms with E-state index in [2.05, 4.69) is 22.9 Å². The van der Waals surface area contributed by atoms with E-state index >= 15 is 0 Å². The van der Waals surface area contributed by atoms with Crippen LogP contribution in [0, 0.1) is 13.8 Å². The van der Waals surface area contributed by atoms with Crippen molar-refractivity contribution in [3.8, 4) is 0 Å². The summed E-state index contributed by atoms with van der Waals surface area (Å²) < 4.78 is 0. The summed E-state index contributed by atoms with van der Waals surface area (Å²) in [6, 6.07) is 0.332. The molecule has 3 nitrogen and oxygen atoms in total. The summed E-state index contributed by atoms with van der Waals surface area (Å²) in [5.74, 6) is 0. The van der Waals surface area contributed by atoms with Gasteiger partial charge in [0, 0.05) is 5.69 Å². The van der Waals surface area contributed by atoms with Crippen LogP contribution in [0.4, 0.5) is 0 Å². The molecular formula is C7H14N3+. The van der Waals surface area contributed by atoms with E-state index in [9.17, 15) is 0 Å². The molecule has 0 spiro atoms. The van der Waals surface area contributed by atoms with E-state index in [1.807, 2.05) is 13.8 Å². The van der Waals surface area contributed by atoms with E-state index in [1.54, 1.807) is 0 Å². The van der Waals surface area contributed by atoms with Gasteiger partial charge in [-0.3, -0.25) is 5.10 Å². The lowest BCUT2D eigenvalue weighted by molar-refractivity contribution is -0.420. The fourth-order valence-corrected chi connectivity index (χ4v) is 1.29. The number of aryl methyl sites for hydroxylation is 2. The number of aromatic amines is 1. The molecule has 56 valence electrons. The Balaban J connectivity index is 3.10. The Kier molecular flexibility index (Phi) is 1.76. The third-order valence-electron chi connectivity index (χ3n) is 1.68. The average molecular weight is 140 g/mol. The lowest BCUT2D eigenvalue weighted by Gasteiger charge is -1.99. The maximum Gasteiger partial charge on any atom is 0.111 e. The van der Waals surface area contributed by atoms with Gasteiger partial charge in [-0.2, -0.15) is 5.10 Å². The molecule has 3 heteroatoms. The molecule has 0 aromatic carbocycles. The van der Waals surface area contributed by atoms with Gasteiger partial charge in [-0.25, -0.2) is 0 Å². The molecule has 1 heterocycles. The van der Waals surface area contributed by atoms with Crippen LogP contribution in [0.15, 0.2) is 0 Å². The van der Waals surface area contributed by atoms with E-state index in [1.165, 1.54) is 5.56 Å². The van der Waals surface area contributed by atoms with Crippen molar-refractivity contribution < 1.29 is 5.73 Å². The maximum absolute atomic E-state index is 4.07. The third kappa shape index (κ3) is 1.04. The number of hydrogen-bond acceptors (Lipinski definition) is 1. The molecular weight excluding hydrogens is 126 g/mol. The first kappa shape index (κ1) is 7.28. The molecule has 0 aliphatic heterocycles. The van der Waals surface area contributed by atoms with E-state index in [4.69, 9.17) is 0 Å². The molecule has 1 aromatic heterocycles. The summed E-state index contributed by atoms with van der Waals surface area (Å²) in [5.41, 5.74) is 7.40. The van der Waals surface area contributed by atoms with Crippen molar-refractivity contribution >= 4 is 0 Å². The Morgan fingerprint density at radius 3 is 2.30 bits per heavy atom. The van der Waals surface area contributed by atoms with Gasteiger partial charge in [-0.15, -0.1) is 0 Å². The van der Waals surface area contributed by atoms with Crippen LogP contribution >= 0.6 is 0 Å². The lowest BCUT2D eigenvalue weighted by Crippen LogP contribution is -2.52. The first-order valence-electron chi connectivity index (χ1n) is 3.47. The second-order valence-corrected chi connectivity index (χ2v) is 2.75. The van der Waals surface area contributed by atoms with E-state index < -0.39 is 0 Å². The molecule has 1 atom stereocenters. The molecule has 4 N–H and O–H groups in total. The van der Waals surface area contributed by atoms with Gasteiger partial charge in [0.15, 0.2) is 0 Å². The van der Waals surface area contributed by atoms with Crippen molar-refractivity contribution in [1.82, 2.24) is 10.2 Å². The lowest BCUT2D eigenvalue weighted by atomic mass is 10.1. The Morgan fingerprint density at radius 1 is 1.50 bits per heavy atom. The van der Waals surface area contributed by atoms with Crippen LogP contribution in [0.2, 0.25) is 0 Å². The Labute approximate surface area is 60.6 Å². The summed E-state index contributed by atoms with van der Waals surface area (Å²) in [6.07, 6.45) is 0. The van der Waals surface area contributed by atoms with Crippen molar-refractivity contribution in [3.05, 3.63) is 17.0 Å². The van der Waals surface area contributed by atoms with E-state index in [-0.39, 0.29) is 0 Å². The predicted octanol–water partition coefficient (Wildman–Crippen LogP) is 0.329. The molecule has 0 bridgehead atoms. The molecule has 0 saturated carbocycles. The Bertz CT molecular complexity index is 205. The van der Waals surface area contributed by atoms with Crippen molar-refractivity contribution in [2.45, 2.75) is 26.8 Å². The highest BCUT2D eigenvalue weighted by molar-refractivity contribution is 5.24. The van der Waals surface area contributed by atoms with Crippen molar-refractivity contribution in [1.29, 1.82) is 0 Å². The van der Waals surface area contributed by atoms with Crippen LogP contribution in [-0.2, 0) is 0 Å². The number of nitrogens with one attached hydrogen (secondary N) is 1. The molecule has 0 amide bonds. The molecule has 0 aliphatic rings. The quantitative estimate of drug-likeness (QED) is 0.580. The van der Waals surface area contributed by atoms with Gasteiger partial charge in [-0.05, 0) is 20.8 Å². The van der Waals surface area contributed by atoms with Gasteiger partial charge < -0.3 is 5.73 Å². The third-order valence-corrected chi connectivity index (χ3v) is 1.68. The molecule has 0 saturated heterocycles. The zero-order chi connectivity index (χ0) is 7.72. The number of rotatable bonds is 1. The van der Waals surface area contributed by atoms with Crippen LogP contribution in [0.25, 0.3) is 0 Å². The number of nitrogens with zero attached hydrogens (tertiary/aromatic N) is 1. The van der Waals surface area contributed by atoms with Crippen LogP contribution in [-0.4, -0.2) is 10.2 Å². The van der Waals surface area contributed by atoms with Gasteiger partial charge in [0.2, 0.25) is 0 Å². The molecule has 1 rings (SSSR count). The maximum atomic E-state index is 4.07. The van der Waals surface area contributed by atoms with Crippen molar-refractivity contribution in [2.75, 3.05) is 0 Å². The zero-order valence-corrected chi connectivity index (χ0v) is 6.73. The van der Waals surface area contributed by atoms with Gasteiger partial charge >= 0.3 is 0 Å². The van der Waals surface area contributed by atoms with Crippen LogP contribution in [0.1, 0.15) is 29.9 Å². The Hall–Kier alpha value is -0.830. The SMILES string of the molecule is Cc1n[nH]c(C)c1[C@@H](C)[NH3+]. The van der Waals surface area contributed by atoms with Crippen LogP contribution < -0.4 is 5.73 Å². The second kappa shape index (κ2) is 2.42. The predicted molar refractivity (Wildman–Crippen MR) is 39.4 cm³/mol. The fraction of sp³-hybridized carbons (Fsp3) is 0.571. The normalized spacial score (nSPS) is 13.6. The molecule has 0 aliphatic carbocycles. The highest BCUT2D eigenvalue weighted by Gasteiger charge is 2.11. The summed E-state index contributed by atoms with van der Waals surface area (Å²) in [6.45, 7) is 6.10. The summed E-state index contributed by atoms with van der Waals surface area (Å²) in [7, 11) is 0. The first-order valence-corrected chi connectivity index (χ1v) is 3.47. The average Bonchev–Trinajstić information content (AvgIpc) is 2.11. The van der Waals surface area contributed by atoms with E-state index in [0.717, 1.165) is 11.4 Å². The minimum atomic E-state index is 0.332. The first-order chi connectivity index (χ1) is 4.63. The molecule has 1 aromatic rings. The highest BCUT2D eigenvalue weighted by Crippen LogP contribution is 2.14. The summed E-state index contributed by atoms with van der Waals surface area (Å²) in [4.78, 5) is 0. The molecule has 0 unspecified atom stereocenters. The monoisotopic (exact) mass is 140 g/mol. The number of H-pyrrole nitrogens is 1. The summed E-state index contributed by atoms with van der Waals surface area (Å²) in [5, 5.41) is 7.00. The molecule has 0 fully saturated rings. The smallest absolute Gasteiger partial charge is 0.111 e. The summed E-state index contributed by atoms with van der Waals surface area (Å²) >= 11 is 0. The minimum absolute atomic E-state index is 0.332. The van der Waals surface area contributed by atoms with Gasteiger partial charge in [0.25, 0.3) is 0 Å². The highest BCUT2D eigenvalue weighted by atomic mass is 15.1. The molecule has 0 radical (unpaired) electrons. The minimum Gasteiger partial charge on any atom is -0.351 e. The number of hydrogen-bond donors (Lipinski definition) is 2. The fourth-order valence-electron chi connectivity index (χ4n) is 1.29. The van der Waals surface area contributed by atoms with E-state index in [0.29, 0.717) is 6.04 Å². The van der Waals surface area contributed by atoms with Crippen LogP contribution in [0.5, 0.6) is 0 Å².